The van der Waals surface area contributed by atoms with E-state index in [4.69, 9.17) is 9.15 Å². The molecule has 0 fully saturated rings. The Balaban J connectivity index is 0.00000289. The Morgan fingerprint density at radius 2 is 1.72 bits per heavy atom. The van der Waals surface area contributed by atoms with Gasteiger partial charge in [-0.2, -0.15) is 0 Å². The fourth-order valence-electron chi connectivity index (χ4n) is 3.37. The first-order chi connectivity index (χ1) is 14.8. The van der Waals surface area contributed by atoms with Gasteiger partial charge in [0.2, 0.25) is 5.43 Å². The van der Waals surface area contributed by atoms with Crippen LogP contribution in [0.3, 0.4) is 0 Å². The number of rotatable bonds is 3. The van der Waals surface area contributed by atoms with Crippen LogP contribution >= 0.6 is 63.7 Å². The summed E-state index contributed by atoms with van der Waals surface area (Å²) >= 11 is 13.4. The van der Waals surface area contributed by atoms with Crippen molar-refractivity contribution in [3.05, 3.63) is 70.1 Å². The molecule has 0 atom stereocenters. The van der Waals surface area contributed by atoms with Crippen molar-refractivity contribution < 1.29 is 19.1 Å². The minimum absolute atomic E-state index is 0. The summed E-state index contributed by atoms with van der Waals surface area (Å²) in [5.41, 5.74) is 2.28. The number of carbonyl (C=O) groups excluding carboxylic acids is 1. The topological polar surface area (TPSA) is 76.7 Å². The van der Waals surface area contributed by atoms with Gasteiger partial charge in [0.25, 0.3) is 0 Å². The third kappa shape index (κ3) is 4.37. The van der Waals surface area contributed by atoms with Gasteiger partial charge in [-0.3, -0.25) is 4.79 Å². The molecule has 1 aliphatic heterocycles. The molecule has 1 radical (unpaired) electrons. The first-order valence-electron chi connectivity index (χ1n) is 8.98. The van der Waals surface area contributed by atoms with Crippen LogP contribution in [0.1, 0.15) is 17.3 Å². The number of ether oxygens (including phenoxy) is 1. The fraction of sp³-hybridized carbons (Fsp3) is 0.0909. The molecule has 159 valence electrons. The predicted octanol–water partition coefficient (Wildman–Crippen LogP) is 7.12. The van der Waals surface area contributed by atoms with Gasteiger partial charge in [0.15, 0.2) is 11.3 Å². The minimum Gasteiger partial charge on any atom is -0.505 e. The molecule has 10 heteroatoms. The maximum Gasteiger partial charge on any atom is 0.338 e. The van der Waals surface area contributed by atoms with Crippen LogP contribution in [-0.4, -0.2) is 47.2 Å². The Morgan fingerprint density at radius 3 is 2.41 bits per heavy atom. The second-order valence-corrected chi connectivity index (χ2v) is 9.81. The van der Waals surface area contributed by atoms with Gasteiger partial charge >= 0.3 is 5.97 Å². The summed E-state index contributed by atoms with van der Waals surface area (Å²) < 4.78 is 12.7. The molecule has 1 N–H and O–H groups in total. The van der Waals surface area contributed by atoms with Crippen molar-refractivity contribution in [3.8, 4) is 28.2 Å². The van der Waals surface area contributed by atoms with Gasteiger partial charge in [-0.15, -0.1) is 0 Å². The average molecular weight is 699 g/mol. The van der Waals surface area contributed by atoms with E-state index in [2.05, 4.69) is 63.7 Å². The van der Waals surface area contributed by atoms with Gasteiger partial charge in [-0.25, -0.2) is 4.79 Å². The molecule has 0 unspecified atom stereocenters. The normalized spacial score (nSPS) is 10.9. The molecular formula is C22H12Br4NaO5. The maximum atomic E-state index is 12.7. The van der Waals surface area contributed by atoms with Gasteiger partial charge in [0.05, 0.1) is 21.1 Å². The third-order valence-corrected chi connectivity index (χ3v) is 7.36. The number of fused-ring (bicyclic) bond motifs is 2. The summed E-state index contributed by atoms with van der Waals surface area (Å²) in [7, 11) is 0. The Labute approximate surface area is 238 Å². The van der Waals surface area contributed by atoms with Gasteiger partial charge in [0, 0.05) is 46.1 Å². The predicted molar refractivity (Wildman–Crippen MR) is 139 cm³/mol. The number of benzene rings is 3. The molecule has 0 aromatic heterocycles. The number of aromatic hydroxyl groups is 1. The van der Waals surface area contributed by atoms with Gasteiger partial charge in [-0.1, -0.05) is 18.2 Å². The molecule has 1 aliphatic carbocycles. The Bertz CT molecular complexity index is 1400. The second kappa shape index (κ2) is 10.3. The average Bonchev–Trinajstić information content (AvgIpc) is 2.75. The number of phenolic OH excluding ortho intramolecular Hbond substituents is 1. The Hall–Kier alpha value is -0.680. The molecule has 1 heterocycles. The molecule has 0 saturated carbocycles. The van der Waals surface area contributed by atoms with E-state index >= 15 is 0 Å². The van der Waals surface area contributed by atoms with E-state index < -0.39 is 5.97 Å². The molecule has 2 aliphatic rings. The van der Waals surface area contributed by atoms with Crippen molar-refractivity contribution >= 4 is 110 Å². The number of carbonyl (C=O) groups is 1. The SMILES string of the molecule is CCOC(=O)c1ccccc1-c1c2cc(Br)c(=O)c(Br)c-2oc2c(Br)c(O)c(Br)cc12.[Na]. The molecule has 0 bridgehead atoms. The number of esters is 1. The standard InChI is InChI=1S/C22H12Br4O5.Na/c1-2-30-22(29)10-6-4-3-5-9(10)15-11-7-13(23)18(27)16(25)20(11)31-21-12(15)8-14(24)19(28)17(21)26;/h3-8,27H,2H2,1H3;. The van der Waals surface area contributed by atoms with Crippen LogP contribution in [0.5, 0.6) is 5.75 Å². The molecule has 0 saturated heterocycles. The molecule has 0 amide bonds. The van der Waals surface area contributed by atoms with Gasteiger partial charge in [-0.05, 0) is 94.4 Å². The van der Waals surface area contributed by atoms with Gasteiger partial charge in [0.1, 0.15) is 14.7 Å². The Kier molecular flexibility index (Phi) is 8.34. The smallest absolute Gasteiger partial charge is 0.338 e. The van der Waals surface area contributed by atoms with Crippen molar-refractivity contribution in [3.63, 3.8) is 0 Å². The third-order valence-electron chi connectivity index (χ3n) is 4.72. The van der Waals surface area contributed by atoms with Gasteiger partial charge < -0.3 is 14.3 Å². The van der Waals surface area contributed by atoms with E-state index in [1.807, 2.05) is 12.1 Å². The van der Waals surface area contributed by atoms with E-state index in [0.717, 1.165) is 0 Å². The van der Waals surface area contributed by atoms with E-state index in [1.165, 1.54) is 0 Å². The second-order valence-electron chi connectivity index (χ2n) is 6.52. The Morgan fingerprint density at radius 1 is 1.03 bits per heavy atom. The largest absolute Gasteiger partial charge is 0.505 e. The molecule has 2 aromatic carbocycles. The number of phenols is 1. The van der Waals surface area contributed by atoms with Crippen LogP contribution in [0, 0.1) is 0 Å². The molecule has 32 heavy (non-hydrogen) atoms. The summed E-state index contributed by atoms with van der Waals surface area (Å²) in [6.07, 6.45) is 0. The summed E-state index contributed by atoms with van der Waals surface area (Å²) in [5, 5.41) is 11.0. The van der Waals surface area contributed by atoms with E-state index in [1.54, 1.807) is 31.2 Å². The van der Waals surface area contributed by atoms with Crippen LogP contribution in [-0.2, 0) is 4.74 Å². The number of hydrogen-bond donors (Lipinski definition) is 1. The number of halogens is 4. The summed E-state index contributed by atoms with van der Waals surface area (Å²) in [6.45, 7) is 1.98. The molecule has 2 aromatic rings. The zero-order valence-electron chi connectivity index (χ0n) is 16.8. The van der Waals surface area contributed by atoms with Crippen molar-refractivity contribution in [1.29, 1.82) is 0 Å². The zero-order valence-corrected chi connectivity index (χ0v) is 25.1. The van der Waals surface area contributed by atoms with Crippen molar-refractivity contribution in [2.75, 3.05) is 6.61 Å². The van der Waals surface area contributed by atoms with Crippen molar-refractivity contribution in [1.82, 2.24) is 0 Å². The van der Waals surface area contributed by atoms with Crippen LogP contribution in [0.2, 0.25) is 0 Å². The van der Waals surface area contributed by atoms with Crippen molar-refractivity contribution in [2.24, 2.45) is 0 Å². The first kappa shape index (κ1) is 25.9. The molecular weight excluding hydrogens is 687 g/mol. The summed E-state index contributed by atoms with van der Waals surface area (Å²) in [5.74, 6) is -0.219. The minimum atomic E-state index is -0.462. The molecule has 5 nitrogen and oxygen atoms in total. The van der Waals surface area contributed by atoms with Crippen LogP contribution < -0.4 is 5.43 Å². The quantitative estimate of drug-likeness (QED) is 0.140. The van der Waals surface area contributed by atoms with E-state index in [-0.39, 0.29) is 57.6 Å². The first-order valence-corrected chi connectivity index (χ1v) is 12.1. The molecule has 0 spiro atoms. The number of hydrogen-bond acceptors (Lipinski definition) is 5. The summed E-state index contributed by atoms with van der Waals surface area (Å²) in [4.78, 5) is 25.3. The van der Waals surface area contributed by atoms with Crippen LogP contribution in [0.25, 0.3) is 33.4 Å². The van der Waals surface area contributed by atoms with Crippen LogP contribution in [0.4, 0.5) is 0 Å². The maximum absolute atomic E-state index is 12.7. The van der Waals surface area contributed by atoms with Crippen LogP contribution in [0.15, 0.2) is 63.5 Å². The van der Waals surface area contributed by atoms with E-state index in [9.17, 15) is 14.7 Å². The molecule has 4 rings (SSSR count). The zero-order chi connectivity index (χ0) is 22.4. The summed E-state index contributed by atoms with van der Waals surface area (Å²) in [6, 6.07) is 10.4. The van der Waals surface area contributed by atoms with E-state index in [0.29, 0.717) is 46.6 Å². The fourth-order valence-corrected chi connectivity index (χ4v) is 5.77. The van der Waals surface area contributed by atoms with Crippen molar-refractivity contribution in [2.45, 2.75) is 6.92 Å². The monoisotopic (exact) mass is 695 g/mol.